The molecule has 0 bridgehead atoms. The van der Waals surface area contributed by atoms with Crippen LogP contribution in [0.1, 0.15) is 33.9 Å². The van der Waals surface area contributed by atoms with Gasteiger partial charge in [0.25, 0.3) is 0 Å². The third kappa shape index (κ3) is 8.11. The van der Waals surface area contributed by atoms with Crippen LogP contribution in [-0.2, 0) is 19.6 Å². The van der Waals surface area contributed by atoms with Gasteiger partial charge in [0.15, 0.2) is 0 Å². The van der Waals surface area contributed by atoms with E-state index in [2.05, 4.69) is 4.98 Å². The van der Waals surface area contributed by atoms with Gasteiger partial charge in [0.05, 0.1) is 6.10 Å². The van der Waals surface area contributed by atoms with Crippen LogP contribution in [0.5, 0.6) is 5.75 Å². The summed E-state index contributed by atoms with van der Waals surface area (Å²) in [4.78, 5) is 26.2. The Labute approximate surface area is 240 Å². The van der Waals surface area contributed by atoms with E-state index in [1.54, 1.807) is 39.8 Å². The Kier molecular flexibility index (Phi) is 11.2. The van der Waals surface area contributed by atoms with Crippen molar-refractivity contribution in [1.29, 1.82) is 0 Å². The summed E-state index contributed by atoms with van der Waals surface area (Å²) in [6, 6.07) is 13.8. The Bertz CT molecular complexity index is 1380. The van der Waals surface area contributed by atoms with Gasteiger partial charge >= 0.3 is 193 Å². The van der Waals surface area contributed by atoms with Crippen LogP contribution in [0.25, 0.3) is 10.8 Å². The van der Waals surface area contributed by atoms with Gasteiger partial charge in [0, 0.05) is 0 Å². The molecular weight excluding hydrogens is 720 g/mol. The minimum absolute atomic E-state index is 0.0246. The van der Waals surface area contributed by atoms with Gasteiger partial charge in [0.1, 0.15) is 6.04 Å². The molecular formula is C26H34N4O9Pb. The first-order valence-electron chi connectivity index (χ1n) is 12.6. The molecule has 1 aliphatic heterocycles. The third-order valence-corrected chi connectivity index (χ3v) is 9.51. The average molecular weight is 754 g/mol. The average Bonchev–Trinajstić information content (AvgIpc) is 3.18. The molecule has 2 heterocycles. The van der Waals surface area contributed by atoms with Crippen LogP contribution in [0.3, 0.4) is 0 Å². The predicted octanol–water partition coefficient (Wildman–Crippen LogP) is 0.783. The van der Waals surface area contributed by atoms with Crippen LogP contribution in [0.2, 0.25) is 0 Å². The first-order chi connectivity index (χ1) is 18.9. The molecule has 40 heavy (non-hydrogen) atoms. The van der Waals surface area contributed by atoms with Crippen LogP contribution < -0.4 is 19.8 Å². The summed E-state index contributed by atoms with van der Waals surface area (Å²) in [5.41, 5.74) is 9.96. The Hall–Kier alpha value is -2.83. The molecule has 1 fully saturated rings. The van der Waals surface area contributed by atoms with Crippen molar-refractivity contribution < 1.29 is 32.5 Å². The van der Waals surface area contributed by atoms with E-state index in [1.807, 2.05) is 30.3 Å². The molecule has 13 nitrogen and oxygen atoms in total. The van der Waals surface area contributed by atoms with Gasteiger partial charge in [-0.1, -0.05) is 0 Å². The van der Waals surface area contributed by atoms with Gasteiger partial charge in [-0.2, -0.15) is 0 Å². The van der Waals surface area contributed by atoms with Crippen molar-refractivity contribution in [2.24, 2.45) is 5.73 Å². The molecule has 2 aromatic carbocycles. The van der Waals surface area contributed by atoms with E-state index in [1.165, 1.54) is 12.3 Å². The topological polar surface area (TPSA) is 198 Å². The molecule has 0 amide bonds. The molecule has 1 saturated heterocycles. The zero-order chi connectivity index (χ0) is 29.6. The molecule has 14 heteroatoms. The number of aliphatic hydroxyl groups is 2. The molecule has 4 unspecified atom stereocenters. The van der Waals surface area contributed by atoms with Crippen molar-refractivity contribution in [2.75, 3.05) is 5.73 Å². The number of esters is 1. The van der Waals surface area contributed by atoms with Crippen LogP contribution in [0, 0.1) is 0 Å². The van der Waals surface area contributed by atoms with Gasteiger partial charge < -0.3 is 10.5 Å². The SMILES string of the molecule is CC(C)OC(=O)C(C)N.CC([O][Pb](=[O])[O]c1cccc2ccccc12)C1OC(n2ccc(N)nc2=O)[C@H](O)[C@@H]1O. The van der Waals surface area contributed by atoms with E-state index in [0.29, 0.717) is 5.75 Å². The summed E-state index contributed by atoms with van der Waals surface area (Å²) >= 11 is -4.24. The van der Waals surface area contributed by atoms with Crippen molar-refractivity contribution >= 4 is 46.2 Å². The van der Waals surface area contributed by atoms with Crippen molar-refractivity contribution in [3.63, 3.8) is 0 Å². The molecule has 0 aliphatic carbocycles. The first-order valence-corrected chi connectivity index (χ1v) is 17.3. The second-order valence-corrected chi connectivity index (χ2v) is 13.1. The number of aromatic nitrogens is 2. The molecule has 1 aromatic heterocycles. The summed E-state index contributed by atoms with van der Waals surface area (Å²) in [6.45, 7) is 6.74. The fraction of sp³-hybridized carbons (Fsp3) is 0.423. The number of nitrogens with two attached hydrogens (primary N) is 2. The molecule has 4 rings (SSSR count). The Morgan fingerprint density at radius 1 is 1.07 bits per heavy atom. The standard InChI is InChI=1S/C10H14N3O5.C10H8O.C6H13NO2.O.Pb/c1-4(14)8-6(15)7(16)9(18-8)13-3-2-5(11)12-10(13)17;11-10-7-3-5-8-4-1-2-6-9(8)10;1-4(2)9-6(8)5(3)7;;/h2-4,6-9,15-16H,1H3,(H2,11,12,17);1-7,11H;4-5H,7H2,1-3H3;;/q-1;;;;+2/p-1/t4?,6-,7+,8?,9?;;;;/m0..../s1. The summed E-state index contributed by atoms with van der Waals surface area (Å²) in [7, 11) is 0. The number of benzene rings is 2. The number of aliphatic hydroxyl groups excluding tert-OH is 2. The van der Waals surface area contributed by atoms with E-state index in [9.17, 15) is 22.5 Å². The maximum atomic E-state index is 12.6. The van der Waals surface area contributed by atoms with Crippen molar-refractivity contribution in [3.8, 4) is 5.75 Å². The second-order valence-electron chi connectivity index (χ2n) is 9.44. The van der Waals surface area contributed by atoms with E-state index in [-0.39, 0.29) is 17.9 Å². The Morgan fingerprint density at radius 3 is 2.38 bits per heavy atom. The Balaban J connectivity index is 0.000000424. The van der Waals surface area contributed by atoms with Crippen LogP contribution in [0.15, 0.2) is 59.5 Å². The molecule has 3 aromatic rings. The van der Waals surface area contributed by atoms with Crippen LogP contribution in [0.4, 0.5) is 5.82 Å². The van der Waals surface area contributed by atoms with E-state index < -0.39 is 66.0 Å². The van der Waals surface area contributed by atoms with Crippen molar-refractivity contribution in [1.82, 2.24) is 9.55 Å². The molecule has 1 aliphatic rings. The number of hydrogen-bond acceptors (Lipinski definition) is 12. The van der Waals surface area contributed by atoms with E-state index >= 15 is 0 Å². The predicted molar refractivity (Wildman–Crippen MR) is 145 cm³/mol. The molecule has 0 saturated carbocycles. The Morgan fingerprint density at radius 2 is 1.75 bits per heavy atom. The summed E-state index contributed by atoms with van der Waals surface area (Å²) in [5, 5.41) is 22.5. The monoisotopic (exact) mass is 754 g/mol. The number of carbonyl (C=O) groups excluding carboxylic acids is 1. The first kappa shape index (κ1) is 31.7. The van der Waals surface area contributed by atoms with Crippen LogP contribution >= 0.6 is 0 Å². The number of hydrogen-bond donors (Lipinski definition) is 4. The fourth-order valence-corrected chi connectivity index (χ4v) is 7.16. The van der Waals surface area contributed by atoms with Gasteiger partial charge in [-0.25, -0.2) is 0 Å². The number of nitrogens with zero attached hydrogens (tertiary/aromatic N) is 2. The fourth-order valence-electron chi connectivity index (χ4n) is 3.88. The third-order valence-electron chi connectivity index (χ3n) is 5.81. The van der Waals surface area contributed by atoms with E-state index in [4.69, 9.17) is 26.3 Å². The minimum atomic E-state index is -4.24. The normalized spacial score (nSPS) is 21.8. The summed E-state index contributed by atoms with van der Waals surface area (Å²) in [5.74, 6) is 0.134. The molecule has 0 spiro atoms. The molecule has 6 N–H and O–H groups in total. The van der Waals surface area contributed by atoms with Crippen molar-refractivity contribution in [2.45, 2.75) is 70.5 Å². The van der Waals surface area contributed by atoms with E-state index in [0.717, 1.165) is 15.3 Å². The van der Waals surface area contributed by atoms with Gasteiger partial charge in [-0.3, -0.25) is 4.79 Å². The molecule has 0 radical (unpaired) electrons. The van der Waals surface area contributed by atoms with Crippen molar-refractivity contribution in [3.05, 3.63) is 65.2 Å². The van der Waals surface area contributed by atoms with Crippen LogP contribution in [-0.4, -0.2) is 85.9 Å². The van der Waals surface area contributed by atoms with Gasteiger partial charge in [-0.15, -0.1) is 0 Å². The number of anilines is 1. The number of ether oxygens (including phenoxy) is 2. The molecule has 6 atom stereocenters. The summed E-state index contributed by atoms with van der Waals surface area (Å²) < 4.78 is 35.3. The maximum absolute atomic E-state index is 12.6. The summed E-state index contributed by atoms with van der Waals surface area (Å²) in [6.07, 6.45) is -4.62. The zero-order valence-corrected chi connectivity index (χ0v) is 26.4. The second kappa shape index (κ2) is 14.2. The number of carbonyl (C=O) groups is 1. The number of fused-ring (bicyclic) bond motifs is 1. The van der Waals surface area contributed by atoms with Gasteiger partial charge in [-0.05, 0) is 20.8 Å². The zero-order valence-electron chi connectivity index (χ0n) is 22.5. The van der Waals surface area contributed by atoms with Gasteiger partial charge in [0.2, 0.25) is 0 Å². The quantitative estimate of drug-likeness (QED) is 0.187. The number of nitrogen functional groups attached to an aromatic ring is 1. The molecule has 216 valence electrons. The number of rotatable bonds is 8.